The number of aliphatic hydroxyl groups is 3. The molecule has 0 aromatic heterocycles. The number of hydrogen-bond donors (Lipinski definition) is 5. The average Bonchev–Trinajstić information content (AvgIpc) is 3.01. The van der Waals surface area contributed by atoms with Gasteiger partial charge in [-0.25, -0.2) is 0 Å². The van der Waals surface area contributed by atoms with Gasteiger partial charge in [0.05, 0.1) is 17.3 Å². The highest BCUT2D eigenvalue weighted by Crippen LogP contribution is 2.38. The van der Waals surface area contributed by atoms with E-state index in [-0.39, 0.29) is 17.0 Å². The molecule has 0 unspecified atom stereocenters. The van der Waals surface area contributed by atoms with E-state index in [2.05, 4.69) is 10.6 Å². The zero-order chi connectivity index (χ0) is 20.0. The lowest BCUT2D eigenvalue weighted by Gasteiger charge is -2.36. The molecule has 2 aliphatic rings. The summed E-state index contributed by atoms with van der Waals surface area (Å²) in [7, 11) is 0. The SMILES string of the molecule is C[C@@H]1N/C(=C/NC(=O)c2cccc3c2C(=O)c2ccccc2-3)[C@@H](O)[C@H](O)[C@@H]1O. The lowest BCUT2D eigenvalue weighted by Crippen LogP contribution is -2.57. The average molecular weight is 380 g/mol. The van der Waals surface area contributed by atoms with Crippen molar-refractivity contribution in [1.82, 2.24) is 10.6 Å². The summed E-state index contributed by atoms with van der Waals surface area (Å²) in [6.07, 6.45) is -2.60. The van der Waals surface area contributed by atoms with Crippen molar-refractivity contribution in [2.75, 3.05) is 0 Å². The van der Waals surface area contributed by atoms with Crippen molar-refractivity contribution in [2.45, 2.75) is 31.3 Å². The molecule has 0 saturated carbocycles. The number of hydrogen-bond acceptors (Lipinski definition) is 6. The molecule has 1 heterocycles. The van der Waals surface area contributed by atoms with Gasteiger partial charge in [0.2, 0.25) is 0 Å². The van der Waals surface area contributed by atoms with Gasteiger partial charge in [-0.05, 0) is 24.1 Å². The molecule has 4 atom stereocenters. The zero-order valence-electron chi connectivity index (χ0n) is 15.1. The summed E-state index contributed by atoms with van der Waals surface area (Å²) in [4.78, 5) is 25.5. The Labute approximate surface area is 161 Å². The first-order valence-electron chi connectivity index (χ1n) is 8.99. The van der Waals surface area contributed by atoms with Crippen LogP contribution in [0.25, 0.3) is 11.1 Å². The zero-order valence-corrected chi connectivity index (χ0v) is 15.1. The van der Waals surface area contributed by atoms with Gasteiger partial charge < -0.3 is 26.0 Å². The monoisotopic (exact) mass is 380 g/mol. The Balaban J connectivity index is 1.62. The van der Waals surface area contributed by atoms with E-state index in [4.69, 9.17) is 0 Å². The molecule has 7 nitrogen and oxygen atoms in total. The van der Waals surface area contributed by atoms with Gasteiger partial charge in [-0.3, -0.25) is 9.59 Å². The first kappa shape index (κ1) is 18.4. The fraction of sp³-hybridized carbons (Fsp3) is 0.238. The van der Waals surface area contributed by atoms with Crippen LogP contribution in [0, 0.1) is 0 Å². The molecule has 1 amide bonds. The molecule has 7 heteroatoms. The van der Waals surface area contributed by atoms with Gasteiger partial charge in [0.25, 0.3) is 5.91 Å². The Hall–Kier alpha value is -3.00. The van der Waals surface area contributed by atoms with Gasteiger partial charge in [-0.15, -0.1) is 0 Å². The van der Waals surface area contributed by atoms with E-state index in [1.165, 1.54) is 6.20 Å². The molecule has 1 aliphatic carbocycles. The van der Waals surface area contributed by atoms with Crippen molar-refractivity contribution >= 4 is 11.7 Å². The molecule has 5 N–H and O–H groups in total. The largest absolute Gasteiger partial charge is 0.388 e. The Bertz CT molecular complexity index is 1000. The number of aliphatic hydroxyl groups excluding tert-OH is 3. The molecular formula is C21H20N2O5. The maximum atomic E-state index is 12.8. The number of carbonyl (C=O) groups is 2. The first-order chi connectivity index (χ1) is 13.4. The van der Waals surface area contributed by atoms with Crippen LogP contribution in [0.15, 0.2) is 54.4 Å². The minimum absolute atomic E-state index is 0.181. The summed E-state index contributed by atoms with van der Waals surface area (Å²) in [5.74, 6) is -0.709. The molecule has 1 saturated heterocycles. The van der Waals surface area contributed by atoms with Gasteiger partial charge in [0.1, 0.15) is 18.3 Å². The molecule has 28 heavy (non-hydrogen) atoms. The third-order valence-corrected chi connectivity index (χ3v) is 5.26. The second kappa shape index (κ2) is 6.87. The van der Waals surface area contributed by atoms with E-state index in [0.717, 1.165) is 5.56 Å². The lowest BCUT2D eigenvalue weighted by atomic mass is 9.95. The third kappa shape index (κ3) is 2.80. The maximum absolute atomic E-state index is 12.8. The van der Waals surface area contributed by atoms with E-state index >= 15 is 0 Å². The van der Waals surface area contributed by atoms with Crippen molar-refractivity contribution in [3.8, 4) is 11.1 Å². The van der Waals surface area contributed by atoms with E-state index in [0.29, 0.717) is 16.7 Å². The summed E-state index contributed by atoms with van der Waals surface area (Å²) in [6, 6.07) is 11.8. The smallest absolute Gasteiger partial charge is 0.256 e. The quantitative estimate of drug-likeness (QED) is 0.443. The van der Waals surface area contributed by atoms with Gasteiger partial charge in [-0.2, -0.15) is 0 Å². The predicted molar refractivity (Wildman–Crippen MR) is 101 cm³/mol. The van der Waals surface area contributed by atoms with Crippen molar-refractivity contribution in [3.63, 3.8) is 0 Å². The second-order valence-corrected chi connectivity index (χ2v) is 7.04. The molecule has 0 bridgehead atoms. The first-order valence-corrected chi connectivity index (χ1v) is 8.99. The minimum Gasteiger partial charge on any atom is -0.388 e. The fourth-order valence-corrected chi connectivity index (χ4v) is 3.71. The van der Waals surface area contributed by atoms with E-state index < -0.39 is 30.3 Å². The highest BCUT2D eigenvalue weighted by molar-refractivity contribution is 6.25. The van der Waals surface area contributed by atoms with E-state index in [1.807, 2.05) is 12.1 Å². The van der Waals surface area contributed by atoms with Gasteiger partial charge >= 0.3 is 0 Å². The second-order valence-electron chi connectivity index (χ2n) is 7.04. The van der Waals surface area contributed by atoms with Crippen molar-refractivity contribution < 1.29 is 24.9 Å². The van der Waals surface area contributed by atoms with E-state index in [9.17, 15) is 24.9 Å². The highest BCUT2D eigenvalue weighted by atomic mass is 16.4. The topological polar surface area (TPSA) is 119 Å². The summed E-state index contributed by atoms with van der Waals surface area (Å²) >= 11 is 0. The third-order valence-electron chi connectivity index (χ3n) is 5.26. The summed E-state index contributed by atoms with van der Waals surface area (Å²) in [5, 5.41) is 35.2. The van der Waals surface area contributed by atoms with Crippen molar-refractivity contribution in [2.24, 2.45) is 0 Å². The van der Waals surface area contributed by atoms with Crippen LogP contribution in [0.4, 0.5) is 0 Å². The summed E-state index contributed by atoms with van der Waals surface area (Å²) in [6.45, 7) is 1.65. The van der Waals surface area contributed by atoms with Crippen LogP contribution < -0.4 is 10.6 Å². The number of rotatable bonds is 2. The Morgan fingerprint density at radius 3 is 2.43 bits per heavy atom. The lowest BCUT2D eigenvalue weighted by molar-refractivity contribution is -0.0759. The van der Waals surface area contributed by atoms with Crippen LogP contribution in [0.1, 0.15) is 33.2 Å². The van der Waals surface area contributed by atoms with Crippen LogP contribution >= 0.6 is 0 Å². The van der Waals surface area contributed by atoms with Crippen molar-refractivity contribution in [1.29, 1.82) is 0 Å². The Kier molecular flexibility index (Phi) is 4.50. The van der Waals surface area contributed by atoms with Gasteiger partial charge in [0, 0.05) is 17.3 Å². The number of ketones is 1. The number of fused-ring (bicyclic) bond motifs is 3. The molecule has 1 aliphatic heterocycles. The highest BCUT2D eigenvalue weighted by Gasteiger charge is 2.37. The van der Waals surface area contributed by atoms with Crippen LogP contribution in [0.5, 0.6) is 0 Å². The predicted octanol–water partition coefficient (Wildman–Crippen LogP) is 0.544. The molecule has 1 fully saturated rings. The number of nitrogens with one attached hydrogen (secondary N) is 2. The molecule has 0 radical (unpaired) electrons. The van der Waals surface area contributed by atoms with Crippen LogP contribution in [-0.4, -0.2) is 51.4 Å². The minimum atomic E-state index is -1.36. The molecule has 2 aromatic carbocycles. The van der Waals surface area contributed by atoms with Crippen LogP contribution in [0.2, 0.25) is 0 Å². The molecule has 144 valence electrons. The number of carbonyl (C=O) groups excluding carboxylic acids is 2. The number of benzene rings is 2. The normalized spacial score (nSPS) is 27.1. The van der Waals surface area contributed by atoms with Gasteiger partial charge in [-0.1, -0.05) is 36.4 Å². The summed E-state index contributed by atoms with van der Waals surface area (Å²) in [5.41, 5.74) is 2.83. The molecule has 0 spiro atoms. The van der Waals surface area contributed by atoms with Crippen LogP contribution in [-0.2, 0) is 0 Å². The van der Waals surface area contributed by atoms with E-state index in [1.54, 1.807) is 37.3 Å². The standard InChI is InChI=1S/C21H20N2O5/c1-10-17(24)20(27)19(26)15(23-10)9-22-21(28)14-8-4-7-12-11-5-2-3-6-13(11)18(25)16(12)14/h2-10,17,19-20,23-24,26-27H,1H3,(H,22,28)/b15-9+/t10-,17+,19+,20+/m0/s1. The molecule has 4 rings (SSSR count). The number of piperidine rings is 1. The molecule has 2 aromatic rings. The number of amides is 1. The Morgan fingerprint density at radius 1 is 1.00 bits per heavy atom. The molecular weight excluding hydrogens is 360 g/mol. The maximum Gasteiger partial charge on any atom is 0.256 e. The Morgan fingerprint density at radius 2 is 1.68 bits per heavy atom. The van der Waals surface area contributed by atoms with Gasteiger partial charge in [0.15, 0.2) is 5.78 Å². The van der Waals surface area contributed by atoms with Crippen LogP contribution in [0.3, 0.4) is 0 Å². The summed E-state index contributed by atoms with van der Waals surface area (Å²) < 4.78 is 0. The van der Waals surface area contributed by atoms with Crippen molar-refractivity contribution in [3.05, 3.63) is 71.1 Å². The fourth-order valence-electron chi connectivity index (χ4n) is 3.71.